The highest BCUT2D eigenvalue weighted by molar-refractivity contribution is 5.98. The fourth-order valence-corrected chi connectivity index (χ4v) is 3.60. The van der Waals surface area contributed by atoms with Crippen molar-refractivity contribution in [3.8, 4) is 0 Å². The summed E-state index contributed by atoms with van der Waals surface area (Å²) in [5.41, 5.74) is -4.23. The van der Waals surface area contributed by atoms with Gasteiger partial charge in [0.25, 0.3) is 0 Å². The van der Waals surface area contributed by atoms with Gasteiger partial charge >= 0.3 is 12.1 Å². The monoisotopic (exact) mass is 578 g/mol. The smallest absolute Gasteiger partial charge is 0.408 e. The number of carbonyl (C=O) groups excluding carboxylic acids is 5. The van der Waals surface area contributed by atoms with Crippen LogP contribution in [0.4, 0.5) is 4.79 Å². The Morgan fingerprint density at radius 2 is 1.29 bits per heavy atom. The van der Waals surface area contributed by atoms with Gasteiger partial charge in [-0.25, -0.2) is 9.59 Å². The molecule has 0 heterocycles. The first-order valence-corrected chi connectivity index (χ1v) is 13.3. The third kappa shape index (κ3) is 11.4. The SMILES string of the molecule is COC(=O)C(C)(C)NC(=O)C(C)(C)NC(=O)[C@@H](NC(=O)C(C)(C)NC(=O)OCc1ccccc1)[C@@H](C)OC(C)(C)C. The van der Waals surface area contributed by atoms with Crippen LogP contribution in [-0.2, 0) is 40.0 Å². The zero-order valence-electron chi connectivity index (χ0n) is 26.0. The normalized spacial score (nSPS) is 13.7. The number of benzene rings is 1. The summed E-state index contributed by atoms with van der Waals surface area (Å²) in [6, 6.07) is 7.79. The molecule has 2 atom stereocenters. The van der Waals surface area contributed by atoms with Gasteiger partial charge in [0.2, 0.25) is 17.7 Å². The average Bonchev–Trinajstić information content (AvgIpc) is 2.83. The van der Waals surface area contributed by atoms with Crippen molar-refractivity contribution < 1.29 is 38.2 Å². The second kappa shape index (κ2) is 13.8. The van der Waals surface area contributed by atoms with E-state index in [2.05, 4.69) is 21.3 Å². The van der Waals surface area contributed by atoms with Gasteiger partial charge in [-0.3, -0.25) is 14.4 Å². The summed E-state index contributed by atoms with van der Waals surface area (Å²) < 4.78 is 15.9. The number of amides is 4. The van der Waals surface area contributed by atoms with E-state index in [1.807, 2.05) is 18.2 Å². The van der Waals surface area contributed by atoms with Crippen LogP contribution in [0.3, 0.4) is 0 Å². The summed E-state index contributed by atoms with van der Waals surface area (Å²) in [5, 5.41) is 10.3. The molecule has 1 aromatic rings. The summed E-state index contributed by atoms with van der Waals surface area (Å²) in [5.74, 6) is -2.72. The first-order chi connectivity index (χ1) is 18.6. The lowest BCUT2D eigenvalue weighted by molar-refractivity contribution is -0.150. The highest BCUT2D eigenvalue weighted by Crippen LogP contribution is 2.16. The molecule has 0 saturated heterocycles. The van der Waals surface area contributed by atoms with Crippen LogP contribution in [0.5, 0.6) is 0 Å². The van der Waals surface area contributed by atoms with E-state index >= 15 is 0 Å². The molecular weight excluding hydrogens is 532 g/mol. The third-order valence-corrected chi connectivity index (χ3v) is 5.90. The minimum Gasteiger partial charge on any atom is -0.467 e. The number of hydrogen-bond acceptors (Lipinski definition) is 8. The second-order valence-electron chi connectivity index (χ2n) is 12.4. The summed E-state index contributed by atoms with van der Waals surface area (Å²) in [4.78, 5) is 64.3. The van der Waals surface area contributed by atoms with Crippen molar-refractivity contribution in [3.63, 3.8) is 0 Å². The molecule has 0 radical (unpaired) electrons. The number of ether oxygens (including phenoxy) is 3. The lowest BCUT2D eigenvalue weighted by Gasteiger charge is -2.36. The maximum absolute atomic E-state index is 13.5. The lowest BCUT2D eigenvalue weighted by Crippen LogP contribution is -2.66. The van der Waals surface area contributed by atoms with E-state index in [1.165, 1.54) is 48.7 Å². The van der Waals surface area contributed by atoms with Crippen LogP contribution in [-0.4, -0.2) is 71.3 Å². The third-order valence-electron chi connectivity index (χ3n) is 5.90. The molecule has 0 fully saturated rings. The minimum atomic E-state index is -1.50. The zero-order valence-corrected chi connectivity index (χ0v) is 26.0. The van der Waals surface area contributed by atoms with Gasteiger partial charge in [0.15, 0.2) is 0 Å². The Hall–Kier alpha value is -3.67. The van der Waals surface area contributed by atoms with E-state index in [0.29, 0.717) is 0 Å². The second-order valence-corrected chi connectivity index (χ2v) is 12.4. The summed E-state index contributed by atoms with van der Waals surface area (Å²) in [6.45, 7) is 15.8. The van der Waals surface area contributed by atoms with Crippen molar-refractivity contribution in [2.75, 3.05) is 7.11 Å². The molecule has 0 aliphatic rings. The number of methoxy groups -OCH3 is 1. The number of hydrogen-bond donors (Lipinski definition) is 4. The Bertz CT molecular complexity index is 1090. The Balaban J connectivity index is 3.06. The molecule has 0 saturated carbocycles. The molecule has 4 N–H and O–H groups in total. The number of carbonyl (C=O) groups is 5. The number of esters is 1. The Morgan fingerprint density at radius 1 is 0.756 bits per heavy atom. The van der Waals surface area contributed by atoms with E-state index < -0.39 is 64.1 Å². The molecular formula is C29H46N4O8. The molecule has 0 unspecified atom stereocenters. The summed E-state index contributed by atoms with van der Waals surface area (Å²) in [6.07, 6.45) is -1.66. The van der Waals surface area contributed by atoms with Crippen LogP contribution in [0.15, 0.2) is 30.3 Å². The predicted molar refractivity (Wildman–Crippen MR) is 153 cm³/mol. The maximum atomic E-state index is 13.5. The molecule has 1 aromatic carbocycles. The van der Waals surface area contributed by atoms with Gasteiger partial charge in [0.05, 0.1) is 18.8 Å². The molecule has 0 aromatic heterocycles. The summed E-state index contributed by atoms with van der Waals surface area (Å²) >= 11 is 0. The van der Waals surface area contributed by atoms with Crippen molar-refractivity contribution in [1.29, 1.82) is 0 Å². The molecule has 4 amide bonds. The Kier molecular flexibility index (Phi) is 11.9. The first-order valence-electron chi connectivity index (χ1n) is 13.3. The van der Waals surface area contributed by atoms with E-state index in [-0.39, 0.29) is 6.61 Å². The quantitative estimate of drug-likeness (QED) is 0.275. The lowest BCUT2D eigenvalue weighted by atomic mass is 9.98. The van der Waals surface area contributed by atoms with Crippen molar-refractivity contribution in [2.45, 2.75) is 110 Å². The van der Waals surface area contributed by atoms with Crippen LogP contribution in [0.25, 0.3) is 0 Å². The molecule has 41 heavy (non-hydrogen) atoms. The van der Waals surface area contributed by atoms with Gasteiger partial charge in [-0.05, 0) is 74.8 Å². The van der Waals surface area contributed by atoms with Gasteiger partial charge in [0, 0.05) is 0 Å². The number of nitrogens with one attached hydrogen (secondary N) is 4. The number of alkyl carbamates (subject to hydrolysis) is 1. The molecule has 230 valence electrons. The predicted octanol–water partition coefficient (Wildman–Crippen LogP) is 2.34. The van der Waals surface area contributed by atoms with E-state index in [0.717, 1.165) is 5.56 Å². The molecule has 12 heteroatoms. The van der Waals surface area contributed by atoms with Crippen molar-refractivity contribution >= 4 is 29.8 Å². The van der Waals surface area contributed by atoms with E-state index in [1.54, 1.807) is 39.8 Å². The zero-order chi connectivity index (χ0) is 31.8. The van der Waals surface area contributed by atoms with Gasteiger partial charge < -0.3 is 35.5 Å². The van der Waals surface area contributed by atoms with Crippen LogP contribution >= 0.6 is 0 Å². The fraction of sp³-hybridized carbons (Fsp3) is 0.621. The van der Waals surface area contributed by atoms with Crippen LogP contribution in [0.1, 0.15) is 74.8 Å². The van der Waals surface area contributed by atoms with E-state index in [9.17, 15) is 24.0 Å². The molecule has 1 rings (SSSR count). The van der Waals surface area contributed by atoms with Gasteiger partial charge in [-0.1, -0.05) is 30.3 Å². The standard InChI is InChI=1S/C29H46N4O8/c1-18(41-26(2,3)4)20(21(34)31-28(7,8)23(36)32-29(9,10)24(37)39-11)30-22(35)27(5,6)33-25(38)40-17-19-15-13-12-14-16-19/h12-16,18,20H,17H2,1-11H3,(H,30,35)(H,31,34)(H,32,36)(H,33,38)/t18-,20+/m1/s1. The van der Waals surface area contributed by atoms with Crippen LogP contribution < -0.4 is 21.3 Å². The van der Waals surface area contributed by atoms with Gasteiger partial charge in [-0.15, -0.1) is 0 Å². The molecule has 0 aliphatic heterocycles. The molecule has 0 bridgehead atoms. The maximum Gasteiger partial charge on any atom is 0.408 e. The van der Waals surface area contributed by atoms with Crippen molar-refractivity contribution in [1.82, 2.24) is 21.3 Å². The highest BCUT2D eigenvalue weighted by Gasteiger charge is 2.41. The van der Waals surface area contributed by atoms with Crippen molar-refractivity contribution in [2.24, 2.45) is 0 Å². The van der Waals surface area contributed by atoms with E-state index in [4.69, 9.17) is 14.2 Å². The fourth-order valence-electron chi connectivity index (χ4n) is 3.60. The molecule has 0 spiro atoms. The van der Waals surface area contributed by atoms with Crippen LogP contribution in [0.2, 0.25) is 0 Å². The Morgan fingerprint density at radius 3 is 1.80 bits per heavy atom. The average molecular weight is 579 g/mol. The Labute approximate surface area is 242 Å². The minimum absolute atomic E-state index is 0.00971. The summed E-state index contributed by atoms with van der Waals surface area (Å²) in [7, 11) is 1.20. The van der Waals surface area contributed by atoms with Gasteiger partial charge in [-0.2, -0.15) is 0 Å². The first kappa shape index (κ1) is 35.4. The largest absolute Gasteiger partial charge is 0.467 e. The van der Waals surface area contributed by atoms with Crippen LogP contribution in [0, 0.1) is 0 Å². The topological polar surface area (TPSA) is 161 Å². The highest BCUT2D eigenvalue weighted by atomic mass is 16.5. The molecule has 0 aliphatic carbocycles. The molecule has 12 nitrogen and oxygen atoms in total. The van der Waals surface area contributed by atoms with Crippen molar-refractivity contribution in [3.05, 3.63) is 35.9 Å². The van der Waals surface area contributed by atoms with Gasteiger partial charge in [0.1, 0.15) is 29.3 Å². The number of rotatable bonds is 12.